The number of aliphatic hydroxyl groups is 1. The average Bonchev–Trinajstić information content (AvgIpc) is 3.08. The zero-order valence-electron chi connectivity index (χ0n) is 9.97. The predicted octanol–water partition coefficient (Wildman–Crippen LogP) is 1.26. The predicted molar refractivity (Wildman–Crippen MR) is 63.7 cm³/mol. The van der Waals surface area contributed by atoms with Gasteiger partial charge in [-0.05, 0) is 51.0 Å². The fourth-order valence-corrected chi connectivity index (χ4v) is 2.33. The Kier molecular flexibility index (Phi) is 5.58. The van der Waals surface area contributed by atoms with Crippen molar-refractivity contribution in [3.05, 3.63) is 0 Å². The van der Waals surface area contributed by atoms with Gasteiger partial charge in [0.15, 0.2) is 0 Å². The van der Waals surface area contributed by atoms with Crippen molar-refractivity contribution in [1.82, 2.24) is 5.32 Å². The Bertz CT molecular complexity index is 165. The molecule has 1 aliphatic carbocycles. The molecule has 90 valence electrons. The van der Waals surface area contributed by atoms with Gasteiger partial charge in [0.25, 0.3) is 0 Å². The number of aliphatic hydroxyl groups excluding tert-OH is 1. The fourth-order valence-electron chi connectivity index (χ4n) is 2.33. The van der Waals surface area contributed by atoms with Crippen molar-refractivity contribution in [2.24, 2.45) is 11.7 Å². The number of hydrogen-bond donors (Lipinski definition) is 3. The molecule has 1 unspecified atom stereocenters. The van der Waals surface area contributed by atoms with E-state index in [1.807, 2.05) is 0 Å². The molecule has 1 atom stereocenters. The molecule has 0 radical (unpaired) electrons. The summed E-state index contributed by atoms with van der Waals surface area (Å²) < 4.78 is 0. The van der Waals surface area contributed by atoms with Crippen LogP contribution in [0.1, 0.15) is 45.4 Å². The van der Waals surface area contributed by atoms with Crippen molar-refractivity contribution in [2.45, 2.75) is 51.0 Å². The summed E-state index contributed by atoms with van der Waals surface area (Å²) in [5.74, 6) is 0.811. The Morgan fingerprint density at radius 2 is 2.07 bits per heavy atom. The minimum Gasteiger partial charge on any atom is -0.396 e. The summed E-state index contributed by atoms with van der Waals surface area (Å²) in [5.41, 5.74) is 6.11. The highest BCUT2D eigenvalue weighted by Crippen LogP contribution is 2.40. The van der Waals surface area contributed by atoms with E-state index in [9.17, 15) is 0 Å². The molecule has 0 spiro atoms. The van der Waals surface area contributed by atoms with Crippen LogP contribution in [0, 0.1) is 5.92 Å². The van der Waals surface area contributed by atoms with Gasteiger partial charge in [0, 0.05) is 18.7 Å². The summed E-state index contributed by atoms with van der Waals surface area (Å²) in [4.78, 5) is 0. The van der Waals surface area contributed by atoms with Crippen LogP contribution in [-0.2, 0) is 0 Å². The zero-order valence-corrected chi connectivity index (χ0v) is 9.97. The smallest absolute Gasteiger partial charge is 0.0431 e. The molecule has 1 aliphatic rings. The molecule has 0 saturated heterocycles. The van der Waals surface area contributed by atoms with Crippen LogP contribution in [0.25, 0.3) is 0 Å². The van der Waals surface area contributed by atoms with E-state index < -0.39 is 0 Å². The van der Waals surface area contributed by atoms with Crippen LogP contribution in [0.15, 0.2) is 0 Å². The molecule has 0 aromatic carbocycles. The molecular weight excluding hydrogens is 188 g/mol. The highest BCUT2D eigenvalue weighted by atomic mass is 16.2. The lowest BCUT2D eigenvalue weighted by Gasteiger charge is -2.33. The number of nitrogens with two attached hydrogens (primary N) is 1. The highest BCUT2D eigenvalue weighted by molar-refractivity contribution is 5.00. The number of unbranched alkanes of at least 4 members (excludes halogenated alkanes) is 2. The molecule has 4 N–H and O–H groups in total. The summed E-state index contributed by atoms with van der Waals surface area (Å²) in [7, 11) is 0. The average molecular weight is 214 g/mol. The monoisotopic (exact) mass is 214 g/mol. The highest BCUT2D eigenvalue weighted by Gasteiger charge is 2.42. The molecule has 1 saturated carbocycles. The first-order valence-electron chi connectivity index (χ1n) is 6.35. The molecule has 15 heavy (non-hydrogen) atoms. The first-order valence-corrected chi connectivity index (χ1v) is 6.35. The zero-order chi connectivity index (χ0) is 11.1. The Hall–Kier alpha value is -0.120. The molecular formula is C12H26N2O. The van der Waals surface area contributed by atoms with Gasteiger partial charge in [-0.3, -0.25) is 0 Å². The van der Waals surface area contributed by atoms with Gasteiger partial charge < -0.3 is 16.2 Å². The molecule has 0 bridgehead atoms. The lowest BCUT2D eigenvalue weighted by molar-refractivity contribution is 0.266. The van der Waals surface area contributed by atoms with E-state index in [0.717, 1.165) is 44.7 Å². The lowest BCUT2D eigenvalue weighted by Crippen LogP contribution is -2.53. The molecule has 0 aliphatic heterocycles. The Balaban J connectivity index is 2.19. The van der Waals surface area contributed by atoms with Gasteiger partial charge in [0.1, 0.15) is 0 Å². The first kappa shape index (κ1) is 12.9. The standard InChI is InChI=1S/C12H26N2O/c1-2-12(10-13,11-6-7-11)14-8-4-3-5-9-15/h11,14-15H,2-10,13H2,1H3. The molecule has 0 amide bonds. The third-order valence-electron chi connectivity index (χ3n) is 3.67. The lowest BCUT2D eigenvalue weighted by atomic mass is 9.90. The third kappa shape index (κ3) is 3.74. The third-order valence-corrected chi connectivity index (χ3v) is 3.67. The van der Waals surface area contributed by atoms with E-state index in [-0.39, 0.29) is 5.54 Å². The largest absolute Gasteiger partial charge is 0.396 e. The summed E-state index contributed by atoms with van der Waals surface area (Å²) in [5, 5.41) is 12.3. The Labute approximate surface area is 93.4 Å². The van der Waals surface area contributed by atoms with Crippen LogP contribution in [-0.4, -0.2) is 30.3 Å². The van der Waals surface area contributed by atoms with Crippen molar-refractivity contribution in [2.75, 3.05) is 19.7 Å². The molecule has 1 fully saturated rings. The second kappa shape index (κ2) is 6.46. The second-order valence-corrected chi connectivity index (χ2v) is 4.70. The molecule has 1 rings (SSSR count). The summed E-state index contributed by atoms with van der Waals surface area (Å²) in [6.07, 6.45) is 7.00. The first-order chi connectivity index (χ1) is 7.29. The van der Waals surface area contributed by atoms with E-state index in [4.69, 9.17) is 10.8 Å². The van der Waals surface area contributed by atoms with Gasteiger partial charge in [0.2, 0.25) is 0 Å². The fraction of sp³-hybridized carbons (Fsp3) is 1.00. The number of hydrogen-bond acceptors (Lipinski definition) is 3. The Morgan fingerprint density at radius 3 is 2.53 bits per heavy atom. The van der Waals surface area contributed by atoms with E-state index in [0.29, 0.717) is 6.61 Å². The van der Waals surface area contributed by atoms with Crippen molar-refractivity contribution in [3.63, 3.8) is 0 Å². The van der Waals surface area contributed by atoms with Gasteiger partial charge in [0.05, 0.1) is 0 Å². The van der Waals surface area contributed by atoms with Crippen molar-refractivity contribution in [1.29, 1.82) is 0 Å². The van der Waals surface area contributed by atoms with E-state index in [1.165, 1.54) is 12.8 Å². The van der Waals surface area contributed by atoms with E-state index in [1.54, 1.807) is 0 Å². The quantitative estimate of drug-likeness (QED) is 0.506. The minimum absolute atomic E-state index is 0.208. The molecule has 3 heteroatoms. The summed E-state index contributed by atoms with van der Waals surface area (Å²) in [6.45, 7) is 4.35. The second-order valence-electron chi connectivity index (χ2n) is 4.70. The van der Waals surface area contributed by atoms with Gasteiger partial charge in [-0.15, -0.1) is 0 Å². The van der Waals surface area contributed by atoms with Crippen LogP contribution in [0.2, 0.25) is 0 Å². The minimum atomic E-state index is 0.208. The summed E-state index contributed by atoms with van der Waals surface area (Å²) >= 11 is 0. The molecule has 3 nitrogen and oxygen atoms in total. The van der Waals surface area contributed by atoms with Crippen LogP contribution in [0.5, 0.6) is 0 Å². The van der Waals surface area contributed by atoms with Gasteiger partial charge in [-0.2, -0.15) is 0 Å². The van der Waals surface area contributed by atoms with Crippen molar-refractivity contribution >= 4 is 0 Å². The SMILES string of the molecule is CCC(CN)(NCCCCCO)C1CC1. The van der Waals surface area contributed by atoms with Gasteiger partial charge in [-0.25, -0.2) is 0 Å². The van der Waals surface area contributed by atoms with Crippen LogP contribution < -0.4 is 11.1 Å². The molecule has 0 aromatic rings. The molecule has 0 heterocycles. The van der Waals surface area contributed by atoms with Crippen molar-refractivity contribution < 1.29 is 5.11 Å². The number of rotatable bonds is 9. The van der Waals surface area contributed by atoms with Gasteiger partial charge >= 0.3 is 0 Å². The van der Waals surface area contributed by atoms with Crippen LogP contribution >= 0.6 is 0 Å². The molecule has 0 aromatic heterocycles. The van der Waals surface area contributed by atoms with E-state index >= 15 is 0 Å². The maximum Gasteiger partial charge on any atom is 0.0431 e. The maximum absolute atomic E-state index is 8.68. The topological polar surface area (TPSA) is 58.3 Å². The van der Waals surface area contributed by atoms with E-state index in [2.05, 4.69) is 12.2 Å². The van der Waals surface area contributed by atoms with Crippen LogP contribution in [0.4, 0.5) is 0 Å². The van der Waals surface area contributed by atoms with Gasteiger partial charge in [-0.1, -0.05) is 6.92 Å². The maximum atomic E-state index is 8.68. The van der Waals surface area contributed by atoms with Crippen molar-refractivity contribution in [3.8, 4) is 0 Å². The summed E-state index contributed by atoms with van der Waals surface area (Å²) in [6, 6.07) is 0. The normalized spacial score (nSPS) is 20.2. The number of nitrogens with one attached hydrogen (secondary N) is 1. The van der Waals surface area contributed by atoms with Crippen LogP contribution in [0.3, 0.4) is 0 Å². The Morgan fingerprint density at radius 1 is 1.33 bits per heavy atom.